The standard InChI is InChI=1S/C23H28N4O3/c1-26(2)16-18-7-5-17(6-8-18)14-24-21(28)15-25-23(30)19-9-11-20(12-10-19)27-13-3-4-22(27)29/h5-12H,3-4,13-16H2,1-2H3,(H,24,28)(H,25,30). The van der Waals surface area contributed by atoms with Crippen LogP contribution in [0.1, 0.15) is 34.3 Å². The van der Waals surface area contributed by atoms with Crippen molar-refractivity contribution in [1.29, 1.82) is 0 Å². The quantitative estimate of drug-likeness (QED) is 0.699. The summed E-state index contributed by atoms with van der Waals surface area (Å²) >= 11 is 0. The second-order valence-electron chi connectivity index (χ2n) is 7.71. The highest BCUT2D eigenvalue weighted by Crippen LogP contribution is 2.21. The molecule has 0 radical (unpaired) electrons. The number of anilines is 1. The lowest BCUT2D eigenvalue weighted by Crippen LogP contribution is -2.36. The monoisotopic (exact) mass is 408 g/mol. The van der Waals surface area contributed by atoms with Gasteiger partial charge in [0.05, 0.1) is 6.54 Å². The Kier molecular flexibility index (Phi) is 7.19. The van der Waals surface area contributed by atoms with E-state index in [4.69, 9.17) is 0 Å². The van der Waals surface area contributed by atoms with Crippen LogP contribution in [0.4, 0.5) is 5.69 Å². The van der Waals surface area contributed by atoms with E-state index in [1.165, 1.54) is 5.56 Å². The predicted octanol–water partition coefficient (Wildman–Crippen LogP) is 1.92. The molecule has 2 N–H and O–H groups in total. The van der Waals surface area contributed by atoms with Crippen molar-refractivity contribution in [3.8, 4) is 0 Å². The van der Waals surface area contributed by atoms with Gasteiger partial charge in [-0.2, -0.15) is 0 Å². The van der Waals surface area contributed by atoms with Crippen LogP contribution < -0.4 is 15.5 Å². The van der Waals surface area contributed by atoms with Gasteiger partial charge in [0, 0.05) is 37.3 Å². The fraction of sp³-hybridized carbons (Fsp3) is 0.348. The van der Waals surface area contributed by atoms with Crippen molar-refractivity contribution in [3.05, 3.63) is 65.2 Å². The number of nitrogens with zero attached hydrogens (tertiary/aromatic N) is 2. The van der Waals surface area contributed by atoms with Crippen molar-refractivity contribution >= 4 is 23.4 Å². The van der Waals surface area contributed by atoms with Gasteiger partial charge in [-0.1, -0.05) is 24.3 Å². The summed E-state index contributed by atoms with van der Waals surface area (Å²) in [5, 5.41) is 5.44. The Morgan fingerprint density at radius 2 is 1.63 bits per heavy atom. The SMILES string of the molecule is CN(C)Cc1ccc(CNC(=O)CNC(=O)c2ccc(N3CCCC3=O)cc2)cc1. The van der Waals surface area contributed by atoms with Crippen LogP contribution in [0.25, 0.3) is 0 Å². The van der Waals surface area contributed by atoms with E-state index in [9.17, 15) is 14.4 Å². The average Bonchev–Trinajstić information content (AvgIpc) is 3.17. The summed E-state index contributed by atoms with van der Waals surface area (Å²) in [6.07, 6.45) is 1.42. The largest absolute Gasteiger partial charge is 0.350 e. The van der Waals surface area contributed by atoms with E-state index in [1.54, 1.807) is 29.2 Å². The summed E-state index contributed by atoms with van der Waals surface area (Å²) in [7, 11) is 4.04. The Morgan fingerprint density at radius 1 is 0.967 bits per heavy atom. The molecule has 0 bridgehead atoms. The number of rotatable bonds is 8. The zero-order valence-electron chi connectivity index (χ0n) is 17.5. The number of carbonyl (C=O) groups excluding carboxylic acids is 3. The van der Waals surface area contributed by atoms with E-state index >= 15 is 0 Å². The highest BCUT2D eigenvalue weighted by atomic mass is 16.2. The Balaban J connectivity index is 1.43. The molecular formula is C23H28N4O3. The number of hydrogen-bond donors (Lipinski definition) is 2. The lowest BCUT2D eigenvalue weighted by atomic mass is 10.1. The molecule has 1 aliphatic rings. The smallest absolute Gasteiger partial charge is 0.251 e. The minimum atomic E-state index is -0.322. The molecule has 0 aromatic heterocycles. The van der Waals surface area contributed by atoms with E-state index < -0.39 is 0 Å². The first-order valence-corrected chi connectivity index (χ1v) is 10.1. The van der Waals surface area contributed by atoms with Crippen LogP contribution in [-0.2, 0) is 22.7 Å². The molecule has 1 saturated heterocycles. The van der Waals surface area contributed by atoms with Crippen LogP contribution in [0, 0.1) is 0 Å². The zero-order valence-corrected chi connectivity index (χ0v) is 17.5. The third-order valence-corrected chi connectivity index (χ3v) is 4.94. The second-order valence-corrected chi connectivity index (χ2v) is 7.71. The van der Waals surface area contributed by atoms with E-state index in [1.807, 2.05) is 38.4 Å². The van der Waals surface area contributed by atoms with Crippen molar-refractivity contribution in [2.24, 2.45) is 0 Å². The Bertz CT molecular complexity index is 892. The molecule has 0 spiro atoms. The minimum Gasteiger partial charge on any atom is -0.350 e. The molecule has 2 aromatic rings. The first kappa shape index (κ1) is 21.5. The predicted molar refractivity (Wildman–Crippen MR) is 116 cm³/mol. The Morgan fingerprint density at radius 3 is 2.23 bits per heavy atom. The van der Waals surface area contributed by atoms with Gasteiger partial charge in [0.2, 0.25) is 11.8 Å². The molecule has 7 nitrogen and oxygen atoms in total. The molecule has 1 heterocycles. The van der Waals surface area contributed by atoms with Crippen LogP contribution in [0.5, 0.6) is 0 Å². The second kappa shape index (κ2) is 10.0. The number of carbonyl (C=O) groups is 3. The van der Waals surface area contributed by atoms with Crippen molar-refractivity contribution in [2.45, 2.75) is 25.9 Å². The van der Waals surface area contributed by atoms with Gasteiger partial charge >= 0.3 is 0 Å². The maximum atomic E-state index is 12.3. The summed E-state index contributed by atoms with van der Waals surface area (Å²) in [6, 6.07) is 14.9. The molecule has 3 amide bonds. The van der Waals surface area contributed by atoms with Gasteiger partial charge < -0.3 is 20.4 Å². The maximum absolute atomic E-state index is 12.3. The number of amides is 3. The summed E-state index contributed by atoms with van der Waals surface area (Å²) < 4.78 is 0. The molecular weight excluding hydrogens is 380 g/mol. The lowest BCUT2D eigenvalue weighted by Gasteiger charge is -2.15. The summed E-state index contributed by atoms with van der Waals surface area (Å²) in [5.74, 6) is -0.464. The van der Waals surface area contributed by atoms with Gasteiger partial charge in [0.25, 0.3) is 5.91 Å². The Labute approximate surface area is 177 Å². The number of benzene rings is 2. The molecule has 0 aliphatic carbocycles. The molecule has 1 aliphatic heterocycles. The summed E-state index contributed by atoms with van der Waals surface area (Å²) in [5.41, 5.74) is 3.46. The summed E-state index contributed by atoms with van der Waals surface area (Å²) in [6.45, 7) is 1.90. The fourth-order valence-electron chi connectivity index (χ4n) is 3.37. The van der Waals surface area contributed by atoms with Crippen molar-refractivity contribution in [2.75, 3.05) is 32.1 Å². The number of nitrogens with one attached hydrogen (secondary N) is 2. The molecule has 0 atom stereocenters. The van der Waals surface area contributed by atoms with Gasteiger partial charge in [-0.3, -0.25) is 14.4 Å². The zero-order chi connectivity index (χ0) is 21.5. The van der Waals surface area contributed by atoms with E-state index in [-0.39, 0.29) is 24.3 Å². The van der Waals surface area contributed by atoms with E-state index in [0.717, 1.165) is 24.2 Å². The third kappa shape index (κ3) is 5.90. The van der Waals surface area contributed by atoms with Crippen molar-refractivity contribution in [3.63, 3.8) is 0 Å². The number of hydrogen-bond acceptors (Lipinski definition) is 4. The third-order valence-electron chi connectivity index (χ3n) is 4.94. The molecule has 0 saturated carbocycles. The first-order valence-electron chi connectivity index (χ1n) is 10.1. The van der Waals surface area contributed by atoms with Crippen LogP contribution >= 0.6 is 0 Å². The molecule has 2 aromatic carbocycles. The minimum absolute atomic E-state index is 0.0933. The van der Waals surface area contributed by atoms with Gasteiger partial charge in [0.15, 0.2) is 0 Å². The Hall–Kier alpha value is -3.19. The van der Waals surface area contributed by atoms with Gasteiger partial charge in [0.1, 0.15) is 0 Å². The molecule has 3 rings (SSSR count). The van der Waals surface area contributed by atoms with E-state index in [0.29, 0.717) is 25.1 Å². The maximum Gasteiger partial charge on any atom is 0.251 e. The van der Waals surface area contributed by atoms with Crippen molar-refractivity contribution in [1.82, 2.24) is 15.5 Å². The molecule has 7 heteroatoms. The molecule has 0 unspecified atom stereocenters. The summed E-state index contributed by atoms with van der Waals surface area (Å²) in [4.78, 5) is 39.9. The molecule has 158 valence electrons. The highest BCUT2D eigenvalue weighted by molar-refractivity contribution is 5.98. The topological polar surface area (TPSA) is 81.8 Å². The first-order chi connectivity index (χ1) is 14.4. The van der Waals surface area contributed by atoms with Crippen molar-refractivity contribution < 1.29 is 14.4 Å². The fourth-order valence-corrected chi connectivity index (χ4v) is 3.37. The van der Waals surface area contributed by atoms with Crippen LogP contribution in [0.3, 0.4) is 0 Å². The normalized spacial score (nSPS) is 13.6. The van der Waals surface area contributed by atoms with Crippen LogP contribution in [0.15, 0.2) is 48.5 Å². The van der Waals surface area contributed by atoms with Gasteiger partial charge in [-0.25, -0.2) is 0 Å². The van der Waals surface area contributed by atoms with Gasteiger partial charge in [-0.15, -0.1) is 0 Å². The average molecular weight is 409 g/mol. The highest BCUT2D eigenvalue weighted by Gasteiger charge is 2.21. The van der Waals surface area contributed by atoms with E-state index in [2.05, 4.69) is 15.5 Å². The molecule has 1 fully saturated rings. The van der Waals surface area contributed by atoms with Gasteiger partial charge in [-0.05, 0) is 55.9 Å². The lowest BCUT2D eigenvalue weighted by molar-refractivity contribution is -0.120. The van der Waals surface area contributed by atoms with Crippen LogP contribution in [-0.4, -0.2) is 49.8 Å². The van der Waals surface area contributed by atoms with Crippen LogP contribution in [0.2, 0.25) is 0 Å². The molecule has 30 heavy (non-hydrogen) atoms.